The molecular formula is C16H25NO3. The minimum Gasteiger partial charge on any atom is -0.481 e. The molecule has 1 atom stereocenters. The van der Waals surface area contributed by atoms with Crippen molar-refractivity contribution in [3.8, 4) is 0 Å². The molecule has 4 nitrogen and oxygen atoms in total. The molecule has 0 aliphatic rings. The summed E-state index contributed by atoms with van der Waals surface area (Å²) in [5.74, 6) is -0.829. The van der Waals surface area contributed by atoms with Crippen molar-refractivity contribution in [3.05, 3.63) is 35.4 Å². The summed E-state index contributed by atoms with van der Waals surface area (Å²) in [6.07, 6.45) is 0.376. The van der Waals surface area contributed by atoms with E-state index in [1.165, 1.54) is 0 Å². The number of aliphatic hydroxyl groups is 1. The molecule has 0 aromatic heterocycles. The lowest BCUT2D eigenvalue weighted by atomic mass is 9.89. The van der Waals surface area contributed by atoms with E-state index in [0.717, 1.165) is 17.5 Å². The molecule has 1 aromatic carbocycles. The fraction of sp³-hybridized carbons (Fsp3) is 0.562. The van der Waals surface area contributed by atoms with E-state index in [-0.39, 0.29) is 17.9 Å². The fourth-order valence-electron chi connectivity index (χ4n) is 2.22. The van der Waals surface area contributed by atoms with Gasteiger partial charge in [-0.2, -0.15) is 0 Å². The van der Waals surface area contributed by atoms with Crippen LogP contribution in [-0.4, -0.2) is 28.8 Å². The molecule has 3 N–H and O–H groups in total. The van der Waals surface area contributed by atoms with Crippen LogP contribution in [0.1, 0.15) is 38.3 Å². The first-order valence-electron chi connectivity index (χ1n) is 6.95. The van der Waals surface area contributed by atoms with Crippen molar-refractivity contribution in [2.45, 2.75) is 46.3 Å². The summed E-state index contributed by atoms with van der Waals surface area (Å²) in [6, 6.07) is 7.49. The quantitative estimate of drug-likeness (QED) is 0.715. The monoisotopic (exact) mass is 279 g/mol. The minimum atomic E-state index is -0.829. The maximum Gasteiger partial charge on any atom is 0.307 e. The molecule has 0 aliphatic carbocycles. The number of hydrogen-bond donors (Lipinski definition) is 3. The third-order valence-corrected chi connectivity index (χ3v) is 3.00. The maximum absolute atomic E-state index is 10.8. The van der Waals surface area contributed by atoms with Crippen LogP contribution >= 0.6 is 0 Å². The summed E-state index contributed by atoms with van der Waals surface area (Å²) in [5, 5.41) is 22.0. The second-order valence-electron chi connectivity index (χ2n) is 6.39. The average molecular weight is 279 g/mol. The van der Waals surface area contributed by atoms with Crippen LogP contribution in [0.2, 0.25) is 0 Å². The topological polar surface area (TPSA) is 69.6 Å². The van der Waals surface area contributed by atoms with Crippen LogP contribution in [0.15, 0.2) is 24.3 Å². The fourth-order valence-corrected chi connectivity index (χ4v) is 2.22. The molecule has 20 heavy (non-hydrogen) atoms. The number of aliphatic hydroxyl groups excluding tert-OH is 1. The van der Waals surface area contributed by atoms with E-state index in [0.29, 0.717) is 13.1 Å². The third kappa shape index (κ3) is 6.68. The smallest absolute Gasteiger partial charge is 0.307 e. The molecule has 0 spiro atoms. The lowest BCUT2D eigenvalue weighted by Crippen LogP contribution is -2.30. The number of carboxylic acid groups (broad SMARTS) is 1. The van der Waals surface area contributed by atoms with Crippen molar-refractivity contribution in [1.82, 2.24) is 5.32 Å². The molecule has 4 heteroatoms. The number of carbonyl (C=O) groups is 1. The van der Waals surface area contributed by atoms with Crippen molar-refractivity contribution in [1.29, 1.82) is 0 Å². The van der Waals surface area contributed by atoms with E-state index in [1.807, 2.05) is 24.3 Å². The molecule has 0 fully saturated rings. The average Bonchev–Trinajstić information content (AvgIpc) is 2.28. The predicted octanol–water partition coefficient (Wildman–Crippen LogP) is 2.20. The summed E-state index contributed by atoms with van der Waals surface area (Å²) in [6.45, 7) is 7.37. The molecule has 0 saturated carbocycles. The second kappa shape index (κ2) is 7.41. The van der Waals surface area contributed by atoms with Crippen molar-refractivity contribution in [3.63, 3.8) is 0 Å². The van der Waals surface area contributed by atoms with Crippen molar-refractivity contribution < 1.29 is 15.0 Å². The van der Waals surface area contributed by atoms with Gasteiger partial charge < -0.3 is 15.5 Å². The highest BCUT2D eigenvalue weighted by Crippen LogP contribution is 2.20. The van der Waals surface area contributed by atoms with E-state index in [1.54, 1.807) is 0 Å². The lowest BCUT2D eigenvalue weighted by Gasteiger charge is -2.22. The largest absolute Gasteiger partial charge is 0.481 e. The first kappa shape index (κ1) is 16.7. The summed E-state index contributed by atoms with van der Waals surface area (Å²) >= 11 is 0. The normalized spacial score (nSPS) is 13.2. The van der Waals surface area contributed by atoms with Gasteiger partial charge in [-0.25, -0.2) is 0 Å². The maximum atomic E-state index is 10.8. The van der Waals surface area contributed by atoms with Gasteiger partial charge in [-0.05, 0) is 23.0 Å². The Morgan fingerprint density at radius 3 is 2.40 bits per heavy atom. The van der Waals surface area contributed by atoms with Crippen LogP contribution in [0.4, 0.5) is 0 Å². The first-order valence-corrected chi connectivity index (χ1v) is 6.95. The number of benzene rings is 1. The van der Waals surface area contributed by atoms with Gasteiger partial charge in [0.05, 0.1) is 12.5 Å². The first-order chi connectivity index (χ1) is 9.28. The Labute approximate surface area is 120 Å². The Bertz CT molecular complexity index is 438. The Hall–Kier alpha value is -1.39. The number of aliphatic carboxylic acids is 1. The molecule has 0 radical (unpaired) electrons. The highest BCUT2D eigenvalue weighted by Gasteiger charge is 2.16. The molecule has 1 aromatic rings. The van der Waals surface area contributed by atoms with Gasteiger partial charge in [-0.15, -0.1) is 0 Å². The van der Waals surface area contributed by atoms with E-state index in [2.05, 4.69) is 26.1 Å². The molecule has 0 aliphatic heterocycles. The van der Waals surface area contributed by atoms with Crippen molar-refractivity contribution in [2.24, 2.45) is 5.41 Å². The van der Waals surface area contributed by atoms with Crippen LogP contribution in [0.3, 0.4) is 0 Å². The number of hydrogen-bond acceptors (Lipinski definition) is 3. The Balaban J connectivity index is 2.48. The van der Waals surface area contributed by atoms with E-state index in [9.17, 15) is 9.90 Å². The summed E-state index contributed by atoms with van der Waals surface area (Å²) in [4.78, 5) is 10.8. The highest BCUT2D eigenvalue weighted by atomic mass is 16.4. The molecule has 0 amide bonds. The van der Waals surface area contributed by atoms with Gasteiger partial charge in [0.15, 0.2) is 0 Å². The van der Waals surface area contributed by atoms with Gasteiger partial charge in [-0.1, -0.05) is 45.0 Å². The zero-order chi connectivity index (χ0) is 15.2. The van der Waals surface area contributed by atoms with Crippen LogP contribution < -0.4 is 5.32 Å². The molecule has 112 valence electrons. The summed E-state index contributed by atoms with van der Waals surface area (Å²) in [7, 11) is 0. The Morgan fingerprint density at radius 2 is 1.85 bits per heavy atom. The molecule has 1 unspecified atom stereocenters. The second-order valence-corrected chi connectivity index (χ2v) is 6.39. The van der Waals surface area contributed by atoms with Gasteiger partial charge in [-0.3, -0.25) is 4.79 Å². The lowest BCUT2D eigenvalue weighted by molar-refractivity contribution is -0.136. The highest BCUT2D eigenvalue weighted by molar-refractivity contribution is 5.70. The summed E-state index contributed by atoms with van der Waals surface area (Å²) < 4.78 is 0. The number of rotatable bonds is 7. The summed E-state index contributed by atoms with van der Waals surface area (Å²) in [5.41, 5.74) is 1.89. The molecular weight excluding hydrogens is 254 g/mol. The van der Waals surface area contributed by atoms with Crippen LogP contribution in [0, 0.1) is 5.41 Å². The Kier molecular flexibility index (Phi) is 6.17. The van der Waals surface area contributed by atoms with E-state index in [4.69, 9.17) is 5.11 Å². The number of nitrogens with one attached hydrogen (secondary N) is 1. The van der Waals surface area contributed by atoms with Gasteiger partial charge in [0.25, 0.3) is 0 Å². The SMILES string of the molecule is CC(C)(C)CC(O)CNCc1ccccc1CC(=O)O. The van der Waals surface area contributed by atoms with Crippen molar-refractivity contribution >= 4 is 5.97 Å². The Morgan fingerprint density at radius 1 is 1.25 bits per heavy atom. The number of carboxylic acids is 1. The van der Waals surface area contributed by atoms with E-state index >= 15 is 0 Å². The molecule has 0 bridgehead atoms. The zero-order valence-electron chi connectivity index (χ0n) is 12.5. The van der Waals surface area contributed by atoms with Crippen LogP contribution in [0.25, 0.3) is 0 Å². The molecule has 0 heterocycles. The van der Waals surface area contributed by atoms with Crippen molar-refractivity contribution in [2.75, 3.05) is 6.54 Å². The van der Waals surface area contributed by atoms with Crippen LogP contribution in [0.5, 0.6) is 0 Å². The standard InChI is InChI=1S/C16H25NO3/c1-16(2,3)9-14(18)11-17-10-13-7-5-4-6-12(13)8-15(19)20/h4-7,14,17-18H,8-11H2,1-3H3,(H,19,20). The van der Waals surface area contributed by atoms with Gasteiger partial charge >= 0.3 is 5.97 Å². The van der Waals surface area contributed by atoms with Crippen LogP contribution in [-0.2, 0) is 17.8 Å². The zero-order valence-corrected chi connectivity index (χ0v) is 12.5. The molecule has 1 rings (SSSR count). The predicted molar refractivity (Wildman–Crippen MR) is 79.6 cm³/mol. The van der Waals surface area contributed by atoms with Gasteiger partial charge in [0.1, 0.15) is 0 Å². The molecule has 0 saturated heterocycles. The van der Waals surface area contributed by atoms with Gasteiger partial charge in [0.2, 0.25) is 0 Å². The minimum absolute atomic E-state index is 0.0302. The van der Waals surface area contributed by atoms with E-state index < -0.39 is 5.97 Å². The van der Waals surface area contributed by atoms with Gasteiger partial charge in [0, 0.05) is 13.1 Å². The third-order valence-electron chi connectivity index (χ3n) is 3.00.